The van der Waals surface area contributed by atoms with Gasteiger partial charge in [0.15, 0.2) is 0 Å². The van der Waals surface area contributed by atoms with E-state index in [1.54, 1.807) is 13.8 Å². The summed E-state index contributed by atoms with van der Waals surface area (Å²) < 4.78 is 10.8. The largest absolute Gasteiger partial charge is 0.448 e. The summed E-state index contributed by atoms with van der Waals surface area (Å²) in [5.41, 5.74) is -0.208. The van der Waals surface area contributed by atoms with E-state index >= 15 is 0 Å². The lowest BCUT2D eigenvalue weighted by molar-refractivity contribution is -0.113. The zero-order chi connectivity index (χ0) is 21.8. The zero-order valence-corrected chi connectivity index (χ0v) is 17.9. The Bertz CT molecular complexity index is 840. The smallest absolute Gasteiger partial charge is 0.430 e. The van der Waals surface area contributed by atoms with E-state index in [1.807, 2.05) is 86.7 Å². The lowest BCUT2D eigenvalue weighted by atomic mass is 9.82. The monoisotopic (exact) mass is 408 g/mol. The van der Waals surface area contributed by atoms with Gasteiger partial charge in [0.05, 0.1) is 13.2 Å². The molecule has 1 aliphatic rings. The highest BCUT2D eigenvalue weighted by atomic mass is 16.6. The lowest BCUT2D eigenvalue weighted by Crippen LogP contribution is -2.66. The second-order valence-corrected chi connectivity index (χ2v) is 7.38. The molecule has 0 aliphatic carbocycles. The third kappa shape index (κ3) is 3.65. The highest BCUT2D eigenvalue weighted by Crippen LogP contribution is 2.44. The molecule has 0 aromatic heterocycles. The summed E-state index contributed by atoms with van der Waals surface area (Å²) in [6.45, 7) is 7.61. The Kier molecular flexibility index (Phi) is 6.15. The number of hydrazine groups is 1. The van der Waals surface area contributed by atoms with E-state index in [2.05, 4.69) is 0 Å². The van der Waals surface area contributed by atoms with Crippen molar-refractivity contribution < 1.29 is 19.1 Å². The van der Waals surface area contributed by atoms with Crippen molar-refractivity contribution in [2.45, 2.75) is 38.8 Å². The molecule has 0 saturated heterocycles. The van der Waals surface area contributed by atoms with Crippen LogP contribution in [-0.4, -0.2) is 35.4 Å². The van der Waals surface area contributed by atoms with Crippen molar-refractivity contribution >= 4 is 12.2 Å². The molecule has 2 aromatic rings. The SMILES string of the molecule is CCOC(=O)N1N(C(=O)OCC)[C@@](C)(c2ccccc2)C=C[C@@]1(C)c1ccccc1. The molecule has 2 atom stereocenters. The van der Waals surface area contributed by atoms with Gasteiger partial charge in [0.25, 0.3) is 0 Å². The number of carbonyl (C=O) groups excluding carboxylic acids is 2. The Morgan fingerprint density at radius 3 is 1.33 bits per heavy atom. The average molecular weight is 408 g/mol. The van der Waals surface area contributed by atoms with Gasteiger partial charge in [-0.2, -0.15) is 10.0 Å². The van der Waals surface area contributed by atoms with Crippen LogP contribution in [0.5, 0.6) is 0 Å². The van der Waals surface area contributed by atoms with Crippen molar-refractivity contribution in [3.8, 4) is 0 Å². The van der Waals surface area contributed by atoms with Crippen molar-refractivity contribution in [1.82, 2.24) is 10.0 Å². The average Bonchev–Trinajstić information content (AvgIpc) is 2.76. The fourth-order valence-electron chi connectivity index (χ4n) is 3.78. The van der Waals surface area contributed by atoms with Crippen molar-refractivity contribution in [3.63, 3.8) is 0 Å². The fraction of sp³-hybridized carbons (Fsp3) is 0.333. The minimum Gasteiger partial charge on any atom is -0.448 e. The summed E-state index contributed by atoms with van der Waals surface area (Å²) in [7, 11) is 0. The summed E-state index contributed by atoms with van der Waals surface area (Å²) in [6, 6.07) is 19.1. The maximum atomic E-state index is 13.2. The molecule has 2 amide bonds. The number of rotatable bonds is 4. The number of nitrogens with zero attached hydrogens (tertiary/aromatic N) is 2. The minimum absolute atomic E-state index is 0.183. The van der Waals surface area contributed by atoms with Gasteiger partial charge in [-0.25, -0.2) is 9.59 Å². The molecule has 0 fully saturated rings. The van der Waals surface area contributed by atoms with Crippen molar-refractivity contribution in [2.24, 2.45) is 0 Å². The summed E-state index contributed by atoms with van der Waals surface area (Å²) in [6.07, 6.45) is 2.65. The highest BCUT2D eigenvalue weighted by Gasteiger charge is 2.53. The normalized spacial score (nSPS) is 23.2. The van der Waals surface area contributed by atoms with Gasteiger partial charge < -0.3 is 9.47 Å². The van der Waals surface area contributed by atoms with E-state index in [0.29, 0.717) is 0 Å². The molecule has 0 saturated carbocycles. The van der Waals surface area contributed by atoms with Gasteiger partial charge in [-0.05, 0) is 38.8 Å². The van der Waals surface area contributed by atoms with Crippen LogP contribution in [0.1, 0.15) is 38.8 Å². The van der Waals surface area contributed by atoms with Crippen LogP contribution in [0.3, 0.4) is 0 Å². The Balaban J connectivity index is 2.26. The minimum atomic E-state index is -0.950. The first-order chi connectivity index (χ1) is 14.4. The molecule has 3 rings (SSSR count). The van der Waals surface area contributed by atoms with E-state index in [1.165, 1.54) is 10.0 Å². The molecule has 1 aliphatic heterocycles. The third-order valence-corrected chi connectivity index (χ3v) is 5.41. The first kappa shape index (κ1) is 21.4. The van der Waals surface area contributed by atoms with Crippen molar-refractivity contribution in [2.75, 3.05) is 13.2 Å². The molecular formula is C24H28N2O4. The summed E-state index contributed by atoms with van der Waals surface area (Å²) in [4.78, 5) is 26.5. The second kappa shape index (κ2) is 8.61. The molecule has 0 spiro atoms. The number of ether oxygens (including phenoxy) is 2. The van der Waals surface area contributed by atoms with Gasteiger partial charge in [0.1, 0.15) is 11.1 Å². The van der Waals surface area contributed by atoms with Crippen molar-refractivity contribution in [1.29, 1.82) is 0 Å². The van der Waals surface area contributed by atoms with Crippen LogP contribution in [0.25, 0.3) is 0 Å². The predicted octanol–water partition coefficient (Wildman–Crippen LogP) is 5.22. The van der Waals surface area contributed by atoms with Crippen LogP contribution < -0.4 is 0 Å². The van der Waals surface area contributed by atoms with Gasteiger partial charge in [-0.15, -0.1) is 0 Å². The summed E-state index contributed by atoms with van der Waals surface area (Å²) in [5.74, 6) is 0. The Morgan fingerprint density at radius 2 is 1.03 bits per heavy atom. The molecule has 2 aromatic carbocycles. The molecular weight excluding hydrogens is 380 g/mol. The molecule has 30 heavy (non-hydrogen) atoms. The molecule has 0 N–H and O–H groups in total. The Morgan fingerprint density at radius 1 is 0.700 bits per heavy atom. The van der Waals surface area contributed by atoms with E-state index in [0.717, 1.165) is 11.1 Å². The molecule has 0 radical (unpaired) electrons. The second-order valence-electron chi connectivity index (χ2n) is 7.38. The van der Waals surface area contributed by atoms with Crippen LogP contribution in [0.15, 0.2) is 72.8 Å². The molecule has 158 valence electrons. The quantitative estimate of drug-likeness (QED) is 0.651. The molecule has 6 nitrogen and oxygen atoms in total. The first-order valence-corrected chi connectivity index (χ1v) is 10.1. The number of hydrogen-bond acceptors (Lipinski definition) is 4. The number of hydrogen-bond donors (Lipinski definition) is 0. The van der Waals surface area contributed by atoms with E-state index in [-0.39, 0.29) is 13.2 Å². The first-order valence-electron chi connectivity index (χ1n) is 10.1. The third-order valence-electron chi connectivity index (χ3n) is 5.41. The van der Waals surface area contributed by atoms with Crippen LogP contribution in [0, 0.1) is 0 Å². The number of benzene rings is 2. The zero-order valence-electron chi connectivity index (χ0n) is 17.9. The fourth-order valence-corrected chi connectivity index (χ4v) is 3.78. The van der Waals surface area contributed by atoms with Crippen LogP contribution in [0.2, 0.25) is 0 Å². The molecule has 0 bridgehead atoms. The summed E-state index contributed by atoms with van der Waals surface area (Å²) in [5, 5.41) is 2.74. The topological polar surface area (TPSA) is 59.1 Å². The molecule has 0 unspecified atom stereocenters. The number of amides is 2. The maximum absolute atomic E-state index is 13.2. The van der Waals surface area contributed by atoms with Crippen LogP contribution in [-0.2, 0) is 20.6 Å². The predicted molar refractivity (Wildman–Crippen MR) is 114 cm³/mol. The molecule has 1 heterocycles. The standard InChI is InChI=1S/C24H28N2O4/c1-5-29-21(27)25-23(3,19-13-9-7-10-14-19)17-18-24(4,20-15-11-8-12-16-20)26(25)22(28)30-6-2/h7-18H,5-6H2,1-4H3/t23-,24+. The van der Waals surface area contributed by atoms with E-state index < -0.39 is 23.3 Å². The van der Waals surface area contributed by atoms with Gasteiger partial charge >= 0.3 is 12.2 Å². The van der Waals surface area contributed by atoms with Gasteiger partial charge in [0, 0.05) is 0 Å². The lowest BCUT2D eigenvalue weighted by Gasteiger charge is -2.53. The Labute approximate surface area is 177 Å². The van der Waals surface area contributed by atoms with Crippen LogP contribution >= 0.6 is 0 Å². The Hall–Kier alpha value is -3.28. The van der Waals surface area contributed by atoms with Gasteiger partial charge in [-0.1, -0.05) is 72.8 Å². The number of carbonyl (C=O) groups is 2. The maximum Gasteiger partial charge on any atom is 0.430 e. The van der Waals surface area contributed by atoms with Gasteiger partial charge in [0.2, 0.25) is 0 Å². The molecule has 6 heteroatoms. The van der Waals surface area contributed by atoms with Crippen LogP contribution in [0.4, 0.5) is 9.59 Å². The van der Waals surface area contributed by atoms with E-state index in [4.69, 9.17) is 9.47 Å². The highest BCUT2D eigenvalue weighted by molar-refractivity contribution is 5.77. The van der Waals surface area contributed by atoms with Gasteiger partial charge in [-0.3, -0.25) is 0 Å². The van der Waals surface area contributed by atoms with E-state index in [9.17, 15) is 9.59 Å². The van der Waals surface area contributed by atoms with Crippen molar-refractivity contribution in [3.05, 3.63) is 83.9 Å². The summed E-state index contributed by atoms with van der Waals surface area (Å²) >= 11 is 0.